The van der Waals surface area contributed by atoms with Crippen molar-refractivity contribution in [3.05, 3.63) is 53.6 Å². The molecule has 0 aliphatic carbocycles. The molecule has 0 unspecified atom stereocenters. The first kappa shape index (κ1) is 21.2. The van der Waals surface area contributed by atoms with Gasteiger partial charge in [-0.2, -0.15) is 0 Å². The number of nitrogens with one attached hydrogen (secondary N) is 1. The maximum atomic E-state index is 13.3. The number of methoxy groups -OCH3 is 2. The van der Waals surface area contributed by atoms with Gasteiger partial charge in [-0.15, -0.1) is 0 Å². The fourth-order valence-electron chi connectivity index (χ4n) is 4.42. The van der Waals surface area contributed by atoms with Crippen molar-refractivity contribution in [3.8, 4) is 11.5 Å². The fourth-order valence-corrected chi connectivity index (χ4v) is 4.42. The lowest BCUT2D eigenvalue weighted by Crippen LogP contribution is -2.52. The van der Waals surface area contributed by atoms with E-state index in [0.29, 0.717) is 30.2 Å². The van der Waals surface area contributed by atoms with Crippen molar-refractivity contribution in [2.45, 2.75) is 31.8 Å². The van der Waals surface area contributed by atoms with Crippen LogP contribution in [0.5, 0.6) is 11.5 Å². The van der Waals surface area contributed by atoms with Crippen molar-refractivity contribution >= 4 is 17.5 Å². The van der Waals surface area contributed by atoms with Gasteiger partial charge in [0.1, 0.15) is 11.5 Å². The minimum absolute atomic E-state index is 0.124. The van der Waals surface area contributed by atoms with E-state index in [1.54, 1.807) is 32.4 Å². The van der Waals surface area contributed by atoms with E-state index in [1.807, 2.05) is 21.9 Å². The van der Waals surface area contributed by atoms with Gasteiger partial charge < -0.3 is 19.7 Å². The molecule has 2 aliphatic rings. The van der Waals surface area contributed by atoms with Gasteiger partial charge in [0, 0.05) is 25.7 Å². The molecule has 0 bridgehead atoms. The molecule has 1 saturated heterocycles. The van der Waals surface area contributed by atoms with E-state index in [1.165, 1.54) is 11.1 Å². The Morgan fingerprint density at radius 1 is 1.03 bits per heavy atom. The van der Waals surface area contributed by atoms with Gasteiger partial charge in [0.15, 0.2) is 0 Å². The summed E-state index contributed by atoms with van der Waals surface area (Å²) in [6.07, 6.45) is 2.72. The Hall–Kier alpha value is -3.06. The van der Waals surface area contributed by atoms with Crippen LogP contribution in [0.2, 0.25) is 0 Å². The van der Waals surface area contributed by atoms with E-state index in [-0.39, 0.29) is 24.4 Å². The van der Waals surface area contributed by atoms with E-state index in [9.17, 15) is 9.59 Å². The van der Waals surface area contributed by atoms with Crippen LogP contribution in [-0.4, -0.2) is 61.5 Å². The average molecular weight is 424 g/mol. The smallest absolute Gasteiger partial charge is 0.240 e. The molecule has 7 heteroatoms. The number of amides is 2. The van der Waals surface area contributed by atoms with Gasteiger partial charge in [0.2, 0.25) is 11.8 Å². The molecule has 2 aliphatic heterocycles. The molecular weight excluding hydrogens is 394 g/mol. The number of nitrogens with zero attached hydrogens (tertiary/aromatic N) is 2. The maximum absolute atomic E-state index is 13.3. The number of benzene rings is 2. The zero-order valence-electron chi connectivity index (χ0n) is 18.1. The standard InChI is InChI=1S/C24H29N3O4/c1-30-19-9-10-22(31-2)20(14-19)25-23(28)16-27-15-18-8-4-3-7-17(18)13-21(27)24(29)26-11-5-6-12-26/h3-4,7-10,14,21H,5-6,11-13,15-16H2,1-2H3,(H,25,28)/t21-/m1/s1. The van der Waals surface area contributed by atoms with Gasteiger partial charge in [-0.05, 0) is 42.5 Å². The highest BCUT2D eigenvalue weighted by Crippen LogP contribution is 2.30. The van der Waals surface area contributed by atoms with Crippen LogP contribution in [0.15, 0.2) is 42.5 Å². The fraction of sp³-hybridized carbons (Fsp3) is 0.417. The largest absolute Gasteiger partial charge is 0.497 e. The second-order valence-electron chi connectivity index (χ2n) is 8.04. The summed E-state index contributed by atoms with van der Waals surface area (Å²) in [6, 6.07) is 13.1. The van der Waals surface area contributed by atoms with E-state index >= 15 is 0 Å². The summed E-state index contributed by atoms with van der Waals surface area (Å²) in [6.45, 7) is 2.30. The number of ether oxygens (including phenoxy) is 2. The Labute approximate surface area is 182 Å². The third-order valence-corrected chi connectivity index (χ3v) is 6.08. The summed E-state index contributed by atoms with van der Waals surface area (Å²) in [4.78, 5) is 30.2. The zero-order chi connectivity index (χ0) is 21.8. The summed E-state index contributed by atoms with van der Waals surface area (Å²) < 4.78 is 10.6. The second kappa shape index (κ2) is 9.39. The van der Waals surface area contributed by atoms with Crippen LogP contribution >= 0.6 is 0 Å². The number of hydrogen-bond donors (Lipinski definition) is 1. The first-order chi connectivity index (χ1) is 15.1. The highest BCUT2D eigenvalue weighted by molar-refractivity contribution is 5.94. The van der Waals surface area contributed by atoms with Crippen LogP contribution in [0.25, 0.3) is 0 Å². The summed E-state index contributed by atoms with van der Waals surface area (Å²) in [7, 11) is 3.14. The lowest BCUT2D eigenvalue weighted by molar-refractivity contribution is -0.137. The lowest BCUT2D eigenvalue weighted by atomic mass is 9.93. The number of anilines is 1. The molecule has 0 spiro atoms. The number of hydrogen-bond acceptors (Lipinski definition) is 5. The Bertz CT molecular complexity index is 956. The molecule has 2 heterocycles. The summed E-state index contributed by atoms with van der Waals surface area (Å²) in [5.74, 6) is 1.12. The first-order valence-corrected chi connectivity index (χ1v) is 10.7. The molecule has 31 heavy (non-hydrogen) atoms. The molecule has 0 aromatic heterocycles. The van der Waals surface area contributed by atoms with Gasteiger partial charge in [0.25, 0.3) is 0 Å². The van der Waals surface area contributed by atoms with Crippen molar-refractivity contribution in [1.29, 1.82) is 0 Å². The van der Waals surface area contributed by atoms with Crippen LogP contribution in [-0.2, 0) is 22.6 Å². The number of rotatable bonds is 6. The Kier molecular flexibility index (Phi) is 6.42. The Morgan fingerprint density at radius 2 is 1.77 bits per heavy atom. The molecule has 0 radical (unpaired) electrons. The van der Waals surface area contributed by atoms with E-state index < -0.39 is 0 Å². The minimum atomic E-state index is -0.328. The normalized spacial score (nSPS) is 18.4. The van der Waals surface area contributed by atoms with E-state index in [4.69, 9.17) is 9.47 Å². The maximum Gasteiger partial charge on any atom is 0.240 e. The number of fused-ring (bicyclic) bond motifs is 1. The third kappa shape index (κ3) is 4.66. The molecule has 4 rings (SSSR count). The highest BCUT2D eigenvalue weighted by Gasteiger charge is 2.35. The molecule has 164 valence electrons. The molecule has 2 amide bonds. The molecule has 1 atom stereocenters. The number of likely N-dealkylation sites (tertiary alicyclic amines) is 1. The van der Waals surface area contributed by atoms with Crippen LogP contribution in [0.4, 0.5) is 5.69 Å². The topological polar surface area (TPSA) is 71.1 Å². The van der Waals surface area contributed by atoms with Crippen molar-refractivity contribution in [2.75, 3.05) is 39.2 Å². The van der Waals surface area contributed by atoms with Crippen LogP contribution < -0.4 is 14.8 Å². The molecule has 1 N–H and O–H groups in total. The highest BCUT2D eigenvalue weighted by atomic mass is 16.5. The quantitative estimate of drug-likeness (QED) is 0.774. The predicted octanol–water partition coefficient (Wildman–Crippen LogP) is 2.69. The van der Waals surface area contributed by atoms with Crippen LogP contribution in [0, 0.1) is 0 Å². The van der Waals surface area contributed by atoms with Crippen molar-refractivity contribution < 1.29 is 19.1 Å². The van der Waals surface area contributed by atoms with Gasteiger partial charge >= 0.3 is 0 Å². The van der Waals surface area contributed by atoms with Gasteiger partial charge in [-0.25, -0.2) is 0 Å². The molecule has 7 nitrogen and oxygen atoms in total. The van der Waals surface area contributed by atoms with Crippen molar-refractivity contribution in [2.24, 2.45) is 0 Å². The zero-order valence-corrected chi connectivity index (χ0v) is 18.1. The molecular formula is C24H29N3O4. The van der Waals surface area contributed by atoms with E-state index in [0.717, 1.165) is 25.9 Å². The third-order valence-electron chi connectivity index (χ3n) is 6.08. The Morgan fingerprint density at radius 3 is 2.48 bits per heavy atom. The lowest BCUT2D eigenvalue weighted by Gasteiger charge is -2.37. The summed E-state index contributed by atoms with van der Waals surface area (Å²) in [5, 5.41) is 2.93. The summed E-state index contributed by atoms with van der Waals surface area (Å²) >= 11 is 0. The molecule has 1 fully saturated rings. The van der Waals surface area contributed by atoms with Crippen LogP contribution in [0.3, 0.4) is 0 Å². The minimum Gasteiger partial charge on any atom is -0.497 e. The van der Waals surface area contributed by atoms with Gasteiger partial charge in [-0.3, -0.25) is 14.5 Å². The van der Waals surface area contributed by atoms with Gasteiger partial charge in [0.05, 0.1) is 32.5 Å². The SMILES string of the molecule is COc1ccc(OC)c(NC(=O)CN2Cc3ccccc3C[C@@H]2C(=O)N2CCCC2)c1. The van der Waals surface area contributed by atoms with Crippen molar-refractivity contribution in [1.82, 2.24) is 9.80 Å². The molecule has 2 aromatic carbocycles. The number of carbonyl (C=O) groups excluding carboxylic acids is 2. The number of carbonyl (C=O) groups is 2. The second-order valence-corrected chi connectivity index (χ2v) is 8.04. The van der Waals surface area contributed by atoms with Gasteiger partial charge in [-0.1, -0.05) is 24.3 Å². The average Bonchev–Trinajstić information content (AvgIpc) is 3.33. The van der Waals surface area contributed by atoms with Crippen LogP contribution in [0.1, 0.15) is 24.0 Å². The first-order valence-electron chi connectivity index (χ1n) is 10.7. The Balaban J connectivity index is 1.53. The van der Waals surface area contributed by atoms with Crippen molar-refractivity contribution in [3.63, 3.8) is 0 Å². The molecule has 0 saturated carbocycles. The van der Waals surface area contributed by atoms with E-state index in [2.05, 4.69) is 17.4 Å². The predicted molar refractivity (Wildman–Crippen MR) is 118 cm³/mol. The monoisotopic (exact) mass is 423 g/mol. The summed E-state index contributed by atoms with van der Waals surface area (Å²) in [5.41, 5.74) is 2.90. The molecule has 2 aromatic rings.